The molecular weight excluding hydrogens is 283 g/mol. The molecule has 1 atom stereocenters. The Morgan fingerprint density at radius 1 is 1.14 bits per heavy atom. The Labute approximate surface area is 122 Å². The van der Waals surface area contributed by atoms with E-state index in [-0.39, 0.29) is 5.56 Å². The number of aliphatic hydroxyl groups excluding tert-OH is 1. The first-order chi connectivity index (χ1) is 9.74. The number of aliphatic hydroxyl groups is 1. The predicted molar refractivity (Wildman–Crippen MR) is 72.9 cm³/mol. The molecule has 0 aliphatic carbocycles. The number of nitrogens with zero attached hydrogens (tertiary/aromatic N) is 1. The molecule has 6 heteroatoms. The summed E-state index contributed by atoms with van der Waals surface area (Å²) in [6, 6.07) is 5.20. The molecule has 1 fully saturated rings. The van der Waals surface area contributed by atoms with Crippen LogP contribution in [0.25, 0.3) is 0 Å². The molecular formula is C15H20F3NO2. The van der Waals surface area contributed by atoms with Crippen molar-refractivity contribution in [2.45, 2.75) is 31.7 Å². The van der Waals surface area contributed by atoms with E-state index in [9.17, 15) is 18.3 Å². The molecule has 21 heavy (non-hydrogen) atoms. The summed E-state index contributed by atoms with van der Waals surface area (Å²) < 4.78 is 44.5. The van der Waals surface area contributed by atoms with Crippen molar-refractivity contribution < 1.29 is 23.0 Å². The van der Waals surface area contributed by atoms with Crippen molar-refractivity contribution in [3.8, 4) is 0 Å². The highest BCUT2D eigenvalue weighted by atomic mass is 19.4. The van der Waals surface area contributed by atoms with Gasteiger partial charge in [-0.1, -0.05) is 18.2 Å². The van der Waals surface area contributed by atoms with Crippen LogP contribution in [0, 0.1) is 0 Å². The third kappa shape index (κ3) is 3.39. The molecule has 0 radical (unpaired) electrons. The fourth-order valence-electron chi connectivity index (χ4n) is 2.69. The third-order valence-corrected chi connectivity index (χ3v) is 4.06. The molecule has 118 valence electrons. The molecule has 1 aliphatic rings. The molecule has 1 unspecified atom stereocenters. The molecule has 1 N–H and O–H groups in total. The minimum Gasteiger partial charge on any atom is -0.386 e. The van der Waals surface area contributed by atoms with Crippen LogP contribution in [0.2, 0.25) is 0 Å². The summed E-state index contributed by atoms with van der Waals surface area (Å²) in [4.78, 5) is 1.97. The van der Waals surface area contributed by atoms with Crippen molar-refractivity contribution in [3.63, 3.8) is 0 Å². The zero-order valence-electron chi connectivity index (χ0n) is 12.2. The van der Waals surface area contributed by atoms with E-state index in [1.54, 1.807) is 13.8 Å². The summed E-state index contributed by atoms with van der Waals surface area (Å²) in [5.74, 6) is 0. The lowest BCUT2D eigenvalue weighted by Crippen LogP contribution is -2.53. The molecule has 1 aromatic carbocycles. The van der Waals surface area contributed by atoms with Crippen LogP contribution >= 0.6 is 0 Å². The van der Waals surface area contributed by atoms with Crippen LogP contribution < -0.4 is 0 Å². The number of rotatable bonds is 3. The lowest BCUT2D eigenvalue weighted by molar-refractivity contribution is -0.140. The Hall–Kier alpha value is -1.11. The zero-order chi connectivity index (χ0) is 15.7. The topological polar surface area (TPSA) is 32.7 Å². The van der Waals surface area contributed by atoms with Crippen molar-refractivity contribution >= 4 is 0 Å². The van der Waals surface area contributed by atoms with Gasteiger partial charge in [0.1, 0.15) is 0 Å². The van der Waals surface area contributed by atoms with Crippen LogP contribution in [0.15, 0.2) is 24.3 Å². The summed E-state index contributed by atoms with van der Waals surface area (Å²) in [5, 5.41) is 10.6. The number of hydrogen-bond donors (Lipinski definition) is 1. The maximum Gasteiger partial charge on any atom is 0.416 e. The van der Waals surface area contributed by atoms with Crippen molar-refractivity contribution in [1.29, 1.82) is 0 Å². The number of halogens is 3. The molecule has 1 aliphatic heterocycles. The summed E-state index contributed by atoms with van der Waals surface area (Å²) in [6.07, 6.45) is -5.70. The second-order valence-electron chi connectivity index (χ2n) is 5.74. The van der Waals surface area contributed by atoms with Gasteiger partial charge in [0.15, 0.2) is 0 Å². The van der Waals surface area contributed by atoms with E-state index in [2.05, 4.69) is 0 Å². The van der Waals surface area contributed by atoms with Crippen LogP contribution in [0.1, 0.15) is 31.1 Å². The van der Waals surface area contributed by atoms with Crippen LogP contribution in [-0.4, -0.2) is 41.8 Å². The van der Waals surface area contributed by atoms with Gasteiger partial charge in [0.2, 0.25) is 0 Å². The van der Waals surface area contributed by atoms with Gasteiger partial charge in [-0.25, -0.2) is 0 Å². The fourth-order valence-corrected chi connectivity index (χ4v) is 2.69. The first-order valence-electron chi connectivity index (χ1n) is 6.91. The molecule has 0 saturated carbocycles. The molecule has 1 saturated heterocycles. The van der Waals surface area contributed by atoms with E-state index in [4.69, 9.17) is 4.74 Å². The normalized spacial score (nSPS) is 19.5. The number of ether oxygens (including phenoxy) is 1. The minimum absolute atomic E-state index is 0.0820. The summed E-state index contributed by atoms with van der Waals surface area (Å²) >= 11 is 0. The van der Waals surface area contributed by atoms with Crippen molar-refractivity contribution in [2.24, 2.45) is 0 Å². The van der Waals surface area contributed by atoms with Gasteiger partial charge >= 0.3 is 6.18 Å². The smallest absolute Gasteiger partial charge is 0.386 e. The Morgan fingerprint density at radius 2 is 1.71 bits per heavy atom. The molecule has 3 nitrogen and oxygen atoms in total. The Kier molecular flexibility index (Phi) is 4.60. The molecule has 2 rings (SSSR count). The second kappa shape index (κ2) is 5.94. The maximum absolute atomic E-state index is 13.1. The Balaban J connectivity index is 2.32. The van der Waals surface area contributed by atoms with Gasteiger partial charge in [0.25, 0.3) is 0 Å². The van der Waals surface area contributed by atoms with Gasteiger partial charge in [-0.2, -0.15) is 13.2 Å². The van der Waals surface area contributed by atoms with Gasteiger partial charge in [-0.05, 0) is 25.5 Å². The highest BCUT2D eigenvalue weighted by Gasteiger charge is 2.41. The molecule has 1 aromatic rings. The third-order valence-electron chi connectivity index (χ3n) is 4.06. The molecule has 0 spiro atoms. The van der Waals surface area contributed by atoms with Crippen molar-refractivity contribution in [1.82, 2.24) is 4.90 Å². The summed E-state index contributed by atoms with van der Waals surface area (Å²) in [5.41, 5.74) is -1.66. The van der Waals surface area contributed by atoms with Gasteiger partial charge in [-0.3, -0.25) is 4.90 Å². The second-order valence-corrected chi connectivity index (χ2v) is 5.74. The van der Waals surface area contributed by atoms with E-state index in [0.717, 1.165) is 6.07 Å². The lowest BCUT2D eigenvalue weighted by Gasteiger charge is -2.44. The summed E-state index contributed by atoms with van der Waals surface area (Å²) in [7, 11) is 0. The molecule has 1 heterocycles. The monoisotopic (exact) mass is 303 g/mol. The Morgan fingerprint density at radius 3 is 2.29 bits per heavy atom. The van der Waals surface area contributed by atoms with Crippen molar-refractivity contribution in [3.05, 3.63) is 35.4 Å². The number of benzene rings is 1. The highest BCUT2D eigenvalue weighted by Crippen LogP contribution is 2.39. The lowest BCUT2D eigenvalue weighted by atomic mass is 9.86. The molecule has 0 bridgehead atoms. The average molecular weight is 303 g/mol. The van der Waals surface area contributed by atoms with Gasteiger partial charge in [0, 0.05) is 18.6 Å². The number of hydrogen-bond acceptors (Lipinski definition) is 3. The number of morpholine rings is 1. The van der Waals surface area contributed by atoms with Gasteiger partial charge < -0.3 is 9.84 Å². The van der Waals surface area contributed by atoms with E-state index in [1.807, 2.05) is 4.90 Å². The van der Waals surface area contributed by atoms with Gasteiger partial charge in [-0.15, -0.1) is 0 Å². The highest BCUT2D eigenvalue weighted by molar-refractivity contribution is 5.33. The largest absolute Gasteiger partial charge is 0.416 e. The first kappa shape index (κ1) is 16.3. The van der Waals surface area contributed by atoms with E-state index >= 15 is 0 Å². The fraction of sp³-hybridized carbons (Fsp3) is 0.600. The summed E-state index contributed by atoms with van der Waals surface area (Å²) in [6.45, 7) is 5.76. The standard InChI is InChI=1S/C15H20F3NO2/c1-14(2,19-7-9-21-10-8-19)13(20)11-5-3-4-6-12(11)15(16,17)18/h3-6,13,20H,7-10H2,1-2H3. The van der Waals surface area contributed by atoms with Crippen LogP contribution in [0.3, 0.4) is 0 Å². The van der Waals surface area contributed by atoms with Crippen LogP contribution in [-0.2, 0) is 10.9 Å². The predicted octanol–water partition coefficient (Wildman–Crippen LogP) is 2.85. The number of alkyl halides is 3. The minimum atomic E-state index is -4.47. The van der Waals surface area contributed by atoms with Crippen molar-refractivity contribution in [2.75, 3.05) is 26.3 Å². The van der Waals surface area contributed by atoms with Crippen LogP contribution in [0.5, 0.6) is 0 Å². The molecule has 0 aromatic heterocycles. The van der Waals surface area contributed by atoms with E-state index in [0.29, 0.717) is 26.3 Å². The zero-order valence-corrected chi connectivity index (χ0v) is 12.2. The van der Waals surface area contributed by atoms with Gasteiger partial charge in [0.05, 0.1) is 24.9 Å². The SMILES string of the molecule is CC(C)(C(O)c1ccccc1C(F)(F)F)N1CCOCC1. The first-order valence-corrected chi connectivity index (χ1v) is 6.91. The van der Waals surface area contributed by atoms with E-state index < -0.39 is 23.4 Å². The quantitative estimate of drug-likeness (QED) is 0.932. The Bertz CT molecular complexity index is 482. The maximum atomic E-state index is 13.1. The molecule has 0 amide bonds. The average Bonchev–Trinajstić information content (AvgIpc) is 2.46. The van der Waals surface area contributed by atoms with Crippen LogP contribution in [0.4, 0.5) is 13.2 Å². The van der Waals surface area contributed by atoms with E-state index in [1.165, 1.54) is 18.2 Å².